The van der Waals surface area contributed by atoms with Gasteiger partial charge in [-0.05, 0) is 153 Å². The Morgan fingerprint density at radius 3 is 0.875 bits per heavy atom. The van der Waals surface area contributed by atoms with Gasteiger partial charge in [0.25, 0.3) is 0 Å². The van der Waals surface area contributed by atoms with E-state index in [1.807, 2.05) is 0 Å². The maximum absolute atomic E-state index is 5.56. The van der Waals surface area contributed by atoms with Crippen LogP contribution in [0.4, 0.5) is 0 Å². The molecule has 8 heteroatoms. The van der Waals surface area contributed by atoms with Crippen molar-refractivity contribution in [1.29, 1.82) is 0 Å². The number of fused-ring (bicyclic) bond motifs is 24. The van der Waals surface area contributed by atoms with Gasteiger partial charge in [-0.2, -0.15) is 0 Å². The highest BCUT2D eigenvalue weighted by Crippen LogP contribution is 2.51. The largest absolute Gasteiger partial charge is 0.309 e. The number of para-hydroxylation sites is 4. The Morgan fingerprint density at radius 2 is 0.562 bits per heavy atom. The lowest BCUT2D eigenvalue weighted by atomic mass is 9.85. The van der Waals surface area contributed by atoms with Crippen LogP contribution in [-0.4, -0.2) is 36.7 Å². The van der Waals surface area contributed by atoms with Crippen molar-refractivity contribution >= 4 is 132 Å². The average Bonchev–Trinajstić information content (AvgIpc) is 1.75. The first-order valence-electron chi connectivity index (χ1n) is 28.5. The molecule has 0 unspecified atom stereocenters. The molecule has 80 heavy (non-hydrogen) atoms. The zero-order valence-electron chi connectivity index (χ0n) is 47.6. The van der Waals surface area contributed by atoms with Crippen molar-refractivity contribution in [2.24, 2.45) is 0 Å². The van der Waals surface area contributed by atoms with Crippen LogP contribution in [0.1, 0.15) is 105 Å². The first kappa shape index (κ1) is 46.1. The normalized spacial score (nSPS) is 13.8. The van der Waals surface area contributed by atoms with Gasteiger partial charge in [-0.1, -0.05) is 132 Å². The Bertz CT molecular complexity index is 5080. The summed E-state index contributed by atoms with van der Waals surface area (Å²) < 4.78 is 14.8. The molecule has 8 heterocycles. The molecule has 0 aliphatic rings. The third-order valence-electron chi connectivity index (χ3n) is 18.3. The molecule has 0 spiro atoms. The van der Waals surface area contributed by atoms with Gasteiger partial charge < -0.3 is 9.13 Å². The van der Waals surface area contributed by atoms with Gasteiger partial charge in [0.1, 0.15) is 0 Å². The zero-order valence-corrected chi connectivity index (χ0v) is 47.6. The van der Waals surface area contributed by atoms with Gasteiger partial charge in [0.05, 0.1) is 77.2 Å². The number of rotatable bonds is 2. The molecule has 0 fully saturated rings. The number of imidazole rings is 4. The molecular weight excluding hydrogens is 977 g/mol. The van der Waals surface area contributed by atoms with Crippen molar-refractivity contribution in [3.63, 3.8) is 0 Å². The van der Waals surface area contributed by atoms with E-state index in [1.165, 1.54) is 87.4 Å². The van der Waals surface area contributed by atoms with E-state index in [2.05, 4.69) is 268 Å². The maximum atomic E-state index is 5.56. The molecule has 0 atom stereocenters. The highest BCUT2D eigenvalue weighted by atomic mass is 15.2. The van der Waals surface area contributed by atoms with Gasteiger partial charge in [-0.25, -0.2) is 9.97 Å². The highest BCUT2D eigenvalue weighted by Gasteiger charge is 2.33. The van der Waals surface area contributed by atoms with Crippen molar-refractivity contribution in [1.82, 2.24) is 36.7 Å². The summed E-state index contributed by atoms with van der Waals surface area (Å²) in [7, 11) is 0. The fraction of sp³-hybridized carbons (Fsp3) is 0.222. The Kier molecular flexibility index (Phi) is 8.45. The average molecular weight is 1040 g/mol. The number of nitrogens with zero attached hydrogens (tertiary/aromatic N) is 8. The van der Waals surface area contributed by atoms with Crippen LogP contribution in [0.3, 0.4) is 0 Å². The molecule has 0 bridgehead atoms. The molecular formula is C72H62N8. The standard InChI is InChI=1S/C72H62N8/c1-69(2,3)39-21-27-53-45(33-39)46-34-40(70(4,5)6)22-28-54(46)75(53)43-25-31-57-49(37-43)61-63-66(80-60-20-16-14-18-52(60)73-67(80)77(57)63)62-50-38-44(26-32-58(50)78-64(62)65(61)79-59-19-15-13-17-51(59)74-68(78)79)76-55-29-23-41(71(7,8)9)35-47(55)48-36-42(72(10,11)12)24-30-56(48)76/h13-38H,1-12H3. The van der Waals surface area contributed by atoms with E-state index in [0.29, 0.717) is 0 Å². The molecule has 8 aromatic heterocycles. The molecule has 9 aromatic carbocycles. The molecule has 0 amide bonds. The van der Waals surface area contributed by atoms with E-state index in [0.717, 1.165) is 78.1 Å². The minimum Gasteiger partial charge on any atom is -0.309 e. The van der Waals surface area contributed by atoms with E-state index >= 15 is 0 Å². The number of hydrogen-bond donors (Lipinski definition) is 0. The predicted octanol–water partition coefficient (Wildman–Crippen LogP) is 18.7. The molecule has 0 aliphatic carbocycles. The zero-order chi connectivity index (χ0) is 54.6. The van der Waals surface area contributed by atoms with Crippen LogP contribution >= 0.6 is 0 Å². The summed E-state index contributed by atoms with van der Waals surface area (Å²) in [4.78, 5) is 11.1. The fourth-order valence-electron chi connectivity index (χ4n) is 14.1. The molecule has 390 valence electrons. The summed E-state index contributed by atoms with van der Waals surface area (Å²) in [6.07, 6.45) is 0. The predicted molar refractivity (Wildman–Crippen MR) is 337 cm³/mol. The highest BCUT2D eigenvalue weighted by molar-refractivity contribution is 6.37. The summed E-state index contributed by atoms with van der Waals surface area (Å²) in [5, 5.41) is 9.87. The van der Waals surface area contributed by atoms with Gasteiger partial charge in [0, 0.05) is 54.5 Å². The summed E-state index contributed by atoms with van der Waals surface area (Å²) in [5.74, 6) is 1.82. The summed E-state index contributed by atoms with van der Waals surface area (Å²) in [5.41, 5.74) is 23.4. The van der Waals surface area contributed by atoms with Crippen LogP contribution in [0.25, 0.3) is 143 Å². The Balaban J connectivity index is 1.04. The summed E-state index contributed by atoms with van der Waals surface area (Å²) in [6.45, 7) is 27.8. The first-order chi connectivity index (χ1) is 38.2. The summed E-state index contributed by atoms with van der Waals surface area (Å²) in [6, 6.07) is 60.2. The summed E-state index contributed by atoms with van der Waals surface area (Å²) >= 11 is 0. The molecule has 17 aromatic rings. The SMILES string of the molecule is CC(C)(C)c1ccc2c(c1)c1cc(C(C)(C)C)ccc1n2-c1ccc2c(c1)c1c3c4c(c5cc(-n6c7ccc(C(C)(C)C)cc7c7cc(C(C)(C)C)ccc76)ccc5n4c4nc5ccccc5n34)c3c1n2c1nc2ccccc2n31. The first-order valence-corrected chi connectivity index (χ1v) is 28.5. The Labute approximate surface area is 462 Å². The topological polar surface area (TPSA) is 53.3 Å². The number of hydrogen-bond acceptors (Lipinski definition) is 2. The number of benzene rings is 9. The van der Waals surface area contributed by atoms with Gasteiger partial charge in [0.2, 0.25) is 11.6 Å². The monoisotopic (exact) mass is 1040 g/mol. The second kappa shape index (κ2) is 14.7. The van der Waals surface area contributed by atoms with Gasteiger partial charge in [-0.15, -0.1) is 0 Å². The van der Waals surface area contributed by atoms with E-state index in [4.69, 9.17) is 9.97 Å². The van der Waals surface area contributed by atoms with Crippen LogP contribution < -0.4 is 0 Å². The van der Waals surface area contributed by atoms with Crippen molar-refractivity contribution < 1.29 is 0 Å². The van der Waals surface area contributed by atoms with E-state index in [1.54, 1.807) is 0 Å². The third kappa shape index (κ3) is 5.80. The van der Waals surface area contributed by atoms with E-state index in [-0.39, 0.29) is 21.7 Å². The Morgan fingerprint density at radius 1 is 0.275 bits per heavy atom. The molecule has 0 aliphatic heterocycles. The van der Waals surface area contributed by atoms with Crippen molar-refractivity contribution in [3.8, 4) is 11.4 Å². The molecule has 0 N–H and O–H groups in total. The lowest BCUT2D eigenvalue weighted by Gasteiger charge is -2.19. The van der Waals surface area contributed by atoms with E-state index in [9.17, 15) is 0 Å². The van der Waals surface area contributed by atoms with Gasteiger partial charge in [0.15, 0.2) is 0 Å². The van der Waals surface area contributed by atoms with Crippen molar-refractivity contribution in [2.45, 2.75) is 105 Å². The molecule has 8 nitrogen and oxygen atoms in total. The van der Waals surface area contributed by atoms with Crippen molar-refractivity contribution in [2.75, 3.05) is 0 Å². The van der Waals surface area contributed by atoms with Crippen LogP contribution in [0.2, 0.25) is 0 Å². The smallest absolute Gasteiger partial charge is 0.220 e. The van der Waals surface area contributed by atoms with Gasteiger partial charge in [-0.3, -0.25) is 17.6 Å². The quantitative estimate of drug-likeness (QED) is 0.173. The van der Waals surface area contributed by atoms with Gasteiger partial charge >= 0.3 is 0 Å². The van der Waals surface area contributed by atoms with Crippen LogP contribution in [0.5, 0.6) is 0 Å². The number of aromatic nitrogens is 8. The minimum absolute atomic E-state index is 0.000667. The van der Waals surface area contributed by atoms with Crippen molar-refractivity contribution in [3.05, 3.63) is 180 Å². The molecule has 0 saturated carbocycles. The van der Waals surface area contributed by atoms with Crippen LogP contribution in [0.15, 0.2) is 158 Å². The van der Waals surface area contributed by atoms with Crippen LogP contribution in [0, 0.1) is 0 Å². The Hall–Kier alpha value is -8.88. The maximum Gasteiger partial charge on any atom is 0.220 e. The lowest BCUT2D eigenvalue weighted by molar-refractivity contribution is 0.590. The van der Waals surface area contributed by atoms with E-state index < -0.39 is 0 Å². The molecule has 17 rings (SSSR count). The lowest BCUT2D eigenvalue weighted by Crippen LogP contribution is -2.10. The second-order valence-electron chi connectivity index (χ2n) is 27.3. The van der Waals surface area contributed by atoms with Crippen LogP contribution in [-0.2, 0) is 21.7 Å². The third-order valence-corrected chi connectivity index (χ3v) is 18.3. The fourth-order valence-corrected chi connectivity index (χ4v) is 14.1. The second-order valence-corrected chi connectivity index (χ2v) is 27.3. The molecule has 0 saturated heterocycles. The minimum atomic E-state index is -0.000667. The molecule has 0 radical (unpaired) electrons.